The Labute approximate surface area is 154 Å². The Hall–Kier alpha value is -3.11. The maximum absolute atomic E-state index is 12.8. The fourth-order valence-corrected chi connectivity index (χ4v) is 4.04. The molecule has 1 N–H and O–H groups in total. The molecular formula is C22H14N2OS. The van der Waals surface area contributed by atoms with Crippen LogP contribution in [0, 0.1) is 0 Å². The lowest BCUT2D eigenvalue weighted by molar-refractivity contribution is 0.109. The number of carbonyl (C=O) groups excluding carboxylic acids is 1. The largest absolute Gasteiger partial charge is 0.333 e. The maximum atomic E-state index is 12.8. The molecule has 0 aliphatic heterocycles. The number of rotatable bonds is 2. The zero-order valence-corrected chi connectivity index (χ0v) is 14.6. The molecule has 5 aromatic rings. The van der Waals surface area contributed by atoms with Crippen molar-refractivity contribution in [2.75, 3.05) is 0 Å². The molecule has 0 spiro atoms. The van der Waals surface area contributed by atoms with Gasteiger partial charge in [-0.3, -0.25) is 4.79 Å². The second kappa shape index (κ2) is 6.00. The van der Waals surface area contributed by atoms with Crippen molar-refractivity contribution in [2.45, 2.75) is 5.16 Å². The van der Waals surface area contributed by atoms with Crippen molar-refractivity contribution in [3.05, 3.63) is 84.4 Å². The number of benzene rings is 4. The maximum Gasteiger partial charge on any atom is 0.227 e. The molecule has 0 aliphatic carbocycles. The zero-order valence-electron chi connectivity index (χ0n) is 13.8. The first-order chi connectivity index (χ1) is 12.8. The molecule has 0 atom stereocenters. The van der Waals surface area contributed by atoms with Crippen molar-refractivity contribution in [1.82, 2.24) is 9.97 Å². The van der Waals surface area contributed by atoms with Gasteiger partial charge in [0.25, 0.3) is 0 Å². The van der Waals surface area contributed by atoms with Crippen LogP contribution in [-0.2, 0) is 0 Å². The SMILES string of the molecule is O=C(Sc1nc2cc3ccccc3cc2[nH]1)c1cccc2ccccc12. The minimum Gasteiger partial charge on any atom is -0.333 e. The van der Waals surface area contributed by atoms with Crippen molar-refractivity contribution in [3.8, 4) is 0 Å². The Morgan fingerprint density at radius 1 is 0.808 bits per heavy atom. The van der Waals surface area contributed by atoms with E-state index in [0.29, 0.717) is 10.7 Å². The molecule has 26 heavy (non-hydrogen) atoms. The van der Waals surface area contributed by atoms with Gasteiger partial charge in [-0.25, -0.2) is 4.98 Å². The van der Waals surface area contributed by atoms with Crippen LogP contribution in [0.25, 0.3) is 32.6 Å². The third-order valence-corrected chi connectivity index (χ3v) is 5.32. The average Bonchev–Trinajstić information content (AvgIpc) is 3.06. The number of hydrogen-bond donors (Lipinski definition) is 1. The van der Waals surface area contributed by atoms with E-state index in [2.05, 4.69) is 28.2 Å². The number of thioether (sulfide) groups is 1. The van der Waals surface area contributed by atoms with Crippen molar-refractivity contribution in [2.24, 2.45) is 0 Å². The number of fused-ring (bicyclic) bond motifs is 3. The fraction of sp³-hybridized carbons (Fsp3) is 0. The molecule has 0 unspecified atom stereocenters. The molecule has 1 aromatic heterocycles. The first-order valence-corrected chi connectivity index (χ1v) is 9.18. The lowest BCUT2D eigenvalue weighted by atomic mass is 10.1. The second-order valence-electron chi connectivity index (χ2n) is 6.17. The van der Waals surface area contributed by atoms with Crippen LogP contribution in [0.15, 0.2) is 84.0 Å². The van der Waals surface area contributed by atoms with E-state index in [4.69, 9.17) is 0 Å². The summed E-state index contributed by atoms with van der Waals surface area (Å²) in [7, 11) is 0. The molecule has 0 fully saturated rings. The molecule has 0 saturated heterocycles. The van der Waals surface area contributed by atoms with Crippen LogP contribution in [0.5, 0.6) is 0 Å². The van der Waals surface area contributed by atoms with Gasteiger partial charge < -0.3 is 4.98 Å². The van der Waals surface area contributed by atoms with Crippen molar-refractivity contribution in [1.29, 1.82) is 0 Å². The van der Waals surface area contributed by atoms with Crippen LogP contribution in [0.4, 0.5) is 0 Å². The molecule has 0 bridgehead atoms. The van der Waals surface area contributed by atoms with Crippen molar-refractivity contribution >= 4 is 49.5 Å². The monoisotopic (exact) mass is 354 g/mol. The van der Waals surface area contributed by atoms with Crippen LogP contribution >= 0.6 is 11.8 Å². The number of imidazole rings is 1. The fourth-order valence-electron chi connectivity index (χ4n) is 3.27. The van der Waals surface area contributed by atoms with Crippen LogP contribution < -0.4 is 0 Å². The Balaban J connectivity index is 1.54. The van der Waals surface area contributed by atoms with Gasteiger partial charge in [0.2, 0.25) is 5.12 Å². The summed E-state index contributed by atoms with van der Waals surface area (Å²) in [5.41, 5.74) is 2.52. The first-order valence-electron chi connectivity index (χ1n) is 8.36. The van der Waals surface area contributed by atoms with Gasteiger partial charge in [-0.2, -0.15) is 0 Å². The predicted molar refractivity (Wildman–Crippen MR) is 108 cm³/mol. The topological polar surface area (TPSA) is 45.8 Å². The highest BCUT2D eigenvalue weighted by atomic mass is 32.2. The molecule has 1 heterocycles. The lowest BCUT2D eigenvalue weighted by Gasteiger charge is -2.03. The molecule has 0 saturated carbocycles. The Morgan fingerprint density at radius 3 is 2.35 bits per heavy atom. The molecular weight excluding hydrogens is 340 g/mol. The normalized spacial score (nSPS) is 11.4. The lowest BCUT2D eigenvalue weighted by Crippen LogP contribution is -1.95. The quantitative estimate of drug-likeness (QED) is 0.407. The number of carbonyl (C=O) groups is 1. The highest BCUT2D eigenvalue weighted by molar-refractivity contribution is 8.14. The van der Waals surface area contributed by atoms with Crippen molar-refractivity contribution in [3.63, 3.8) is 0 Å². The van der Waals surface area contributed by atoms with Crippen LogP contribution in [-0.4, -0.2) is 15.1 Å². The van der Waals surface area contributed by atoms with Crippen LogP contribution in [0.3, 0.4) is 0 Å². The Kier molecular flexibility index (Phi) is 3.50. The minimum atomic E-state index is -0.00888. The predicted octanol–water partition coefficient (Wildman–Crippen LogP) is 5.80. The number of H-pyrrole nitrogens is 1. The Bertz CT molecular complexity index is 1230. The summed E-state index contributed by atoms with van der Waals surface area (Å²) in [6.07, 6.45) is 0. The molecule has 5 rings (SSSR count). The number of aromatic amines is 1. The first kappa shape index (κ1) is 15.2. The van der Waals surface area contributed by atoms with Gasteiger partial charge in [0, 0.05) is 5.56 Å². The summed E-state index contributed by atoms with van der Waals surface area (Å²) < 4.78 is 0. The van der Waals surface area contributed by atoms with E-state index in [-0.39, 0.29) is 5.12 Å². The molecule has 0 amide bonds. The summed E-state index contributed by atoms with van der Waals surface area (Å²) >= 11 is 1.14. The zero-order chi connectivity index (χ0) is 17.5. The van der Waals surface area contributed by atoms with Gasteiger partial charge in [-0.05, 0) is 51.5 Å². The minimum absolute atomic E-state index is 0.00888. The highest BCUT2D eigenvalue weighted by Crippen LogP contribution is 2.28. The van der Waals surface area contributed by atoms with Crippen LogP contribution in [0.2, 0.25) is 0 Å². The van der Waals surface area contributed by atoms with Gasteiger partial charge in [0.1, 0.15) is 0 Å². The summed E-state index contributed by atoms with van der Waals surface area (Å²) in [5, 5.41) is 4.94. The average molecular weight is 354 g/mol. The van der Waals surface area contributed by atoms with Crippen LogP contribution in [0.1, 0.15) is 10.4 Å². The molecule has 4 aromatic carbocycles. The summed E-state index contributed by atoms with van der Waals surface area (Å²) in [5.74, 6) is 0. The number of nitrogens with one attached hydrogen (secondary N) is 1. The molecule has 3 nitrogen and oxygen atoms in total. The van der Waals surface area contributed by atoms with Gasteiger partial charge in [-0.1, -0.05) is 60.7 Å². The van der Waals surface area contributed by atoms with E-state index < -0.39 is 0 Å². The Morgan fingerprint density at radius 2 is 1.50 bits per heavy atom. The molecule has 124 valence electrons. The standard InChI is InChI=1S/C22H14N2OS/c25-21(18-11-5-9-14-6-3-4-10-17(14)18)26-22-23-19-12-15-7-1-2-8-16(15)13-20(19)24-22/h1-13H,(H,23,24). The van der Waals surface area contributed by atoms with Gasteiger partial charge in [-0.15, -0.1) is 0 Å². The highest BCUT2D eigenvalue weighted by Gasteiger charge is 2.14. The van der Waals surface area contributed by atoms with E-state index >= 15 is 0 Å². The molecule has 0 aliphatic rings. The third kappa shape index (κ3) is 2.55. The van der Waals surface area contributed by atoms with Gasteiger partial charge in [0.05, 0.1) is 11.0 Å². The summed E-state index contributed by atoms with van der Waals surface area (Å²) in [6, 6.07) is 26.0. The number of aromatic nitrogens is 2. The van der Waals surface area contributed by atoms with E-state index in [9.17, 15) is 4.79 Å². The second-order valence-corrected chi connectivity index (χ2v) is 7.14. The van der Waals surface area contributed by atoms with E-state index in [1.165, 1.54) is 0 Å². The summed E-state index contributed by atoms with van der Waals surface area (Å²) in [6.45, 7) is 0. The van der Waals surface area contributed by atoms with Gasteiger partial charge >= 0.3 is 0 Å². The van der Waals surface area contributed by atoms with E-state index in [1.54, 1.807) is 0 Å². The summed E-state index contributed by atoms with van der Waals surface area (Å²) in [4.78, 5) is 20.7. The van der Waals surface area contributed by atoms with E-state index in [1.807, 2.05) is 60.7 Å². The number of hydrogen-bond acceptors (Lipinski definition) is 3. The smallest absolute Gasteiger partial charge is 0.227 e. The number of nitrogens with zero attached hydrogens (tertiary/aromatic N) is 1. The molecule has 0 radical (unpaired) electrons. The van der Waals surface area contributed by atoms with Gasteiger partial charge in [0.15, 0.2) is 5.16 Å². The molecule has 4 heteroatoms. The third-order valence-electron chi connectivity index (χ3n) is 4.53. The van der Waals surface area contributed by atoms with E-state index in [0.717, 1.165) is 44.3 Å². The van der Waals surface area contributed by atoms with Crippen molar-refractivity contribution < 1.29 is 4.79 Å².